The van der Waals surface area contributed by atoms with E-state index in [1.54, 1.807) is 12.1 Å². The molecule has 3 N–H and O–H groups in total. The Morgan fingerprint density at radius 2 is 2.06 bits per heavy atom. The number of carbonyl (C=O) groups is 2. The van der Waals surface area contributed by atoms with Crippen molar-refractivity contribution in [3.63, 3.8) is 0 Å². The molecule has 0 atom stereocenters. The number of carbonyl (C=O) groups excluding carboxylic acids is 1. The predicted molar refractivity (Wildman–Crippen MR) is 67.7 cm³/mol. The van der Waals surface area contributed by atoms with Crippen molar-refractivity contribution in [2.75, 3.05) is 6.54 Å². The Hall–Kier alpha value is -2.30. The average molecular weight is 246 g/mol. The first-order valence-electron chi connectivity index (χ1n) is 5.58. The fraction of sp³-hybridized carbons (Fsp3) is 0.231. The second-order valence-corrected chi connectivity index (χ2v) is 4.21. The van der Waals surface area contributed by atoms with Gasteiger partial charge in [0.2, 0.25) is 0 Å². The molecule has 18 heavy (non-hydrogen) atoms. The number of aliphatic carboxylic acids is 1. The highest BCUT2D eigenvalue weighted by molar-refractivity contribution is 5.99. The number of benzene rings is 1. The zero-order chi connectivity index (χ0) is 13.3. The Morgan fingerprint density at radius 3 is 2.72 bits per heavy atom. The largest absolute Gasteiger partial charge is 0.480 e. The van der Waals surface area contributed by atoms with Crippen LogP contribution in [0.2, 0.25) is 0 Å². The van der Waals surface area contributed by atoms with Gasteiger partial charge in [-0.05, 0) is 37.6 Å². The summed E-state index contributed by atoms with van der Waals surface area (Å²) < 4.78 is 0. The van der Waals surface area contributed by atoms with Crippen LogP contribution >= 0.6 is 0 Å². The number of hydrogen-bond acceptors (Lipinski definition) is 2. The van der Waals surface area contributed by atoms with Gasteiger partial charge in [0.15, 0.2) is 0 Å². The van der Waals surface area contributed by atoms with Gasteiger partial charge >= 0.3 is 5.97 Å². The molecule has 0 aliphatic carbocycles. The van der Waals surface area contributed by atoms with Crippen molar-refractivity contribution in [2.24, 2.45) is 0 Å². The first-order valence-corrected chi connectivity index (χ1v) is 5.58. The van der Waals surface area contributed by atoms with Crippen LogP contribution in [0.5, 0.6) is 0 Å². The first-order chi connectivity index (χ1) is 8.49. The minimum Gasteiger partial charge on any atom is -0.480 e. The minimum absolute atomic E-state index is 0.373. The highest BCUT2D eigenvalue weighted by Gasteiger charge is 2.10. The van der Waals surface area contributed by atoms with E-state index < -0.39 is 5.97 Å². The van der Waals surface area contributed by atoms with Crippen molar-refractivity contribution in [3.05, 3.63) is 35.0 Å². The van der Waals surface area contributed by atoms with Crippen molar-refractivity contribution >= 4 is 22.8 Å². The van der Waals surface area contributed by atoms with E-state index in [0.717, 1.165) is 22.2 Å². The van der Waals surface area contributed by atoms with Gasteiger partial charge in [-0.15, -0.1) is 0 Å². The molecule has 2 rings (SSSR count). The third-order valence-electron chi connectivity index (χ3n) is 2.97. The molecule has 5 nitrogen and oxygen atoms in total. The lowest BCUT2D eigenvalue weighted by Crippen LogP contribution is -2.29. The van der Waals surface area contributed by atoms with Gasteiger partial charge in [0, 0.05) is 22.2 Å². The fourth-order valence-corrected chi connectivity index (χ4v) is 1.86. The lowest BCUT2D eigenvalue weighted by atomic mass is 10.1. The summed E-state index contributed by atoms with van der Waals surface area (Å²) in [6.45, 7) is 3.58. The fourth-order valence-electron chi connectivity index (χ4n) is 1.86. The van der Waals surface area contributed by atoms with E-state index in [4.69, 9.17) is 5.11 Å². The zero-order valence-corrected chi connectivity index (χ0v) is 10.2. The third-order valence-corrected chi connectivity index (χ3v) is 2.97. The molecule has 0 aliphatic rings. The summed E-state index contributed by atoms with van der Waals surface area (Å²) in [5.41, 5.74) is 3.59. The van der Waals surface area contributed by atoms with Crippen LogP contribution in [0, 0.1) is 13.8 Å². The number of nitrogens with one attached hydrogen (secondary N) is 2. The summed E-state index contributed by atoms with van der Waals surface area (Å²) in [4.78, 5) is 25.3. The Bertz CT molecular complexity index is 628. The predicted octanol–water partition coefficient (Wildman–Crippen LogP) is 1.60. The van der Waals surface area contributed by atoms with Gasteiger partial charge in [-0.3, -0.25) is 9.59 Å². The second kappa shape index (κ2) is 4.52. The van der Waals surface area contributed by atoms with Crippen molar-refractivity contribution in [1.82, 2.24) is 10.3 Å². The summed E-state index contributed by atoms with van der Waals surface area (Å²) >= 11 is 0. The van der Waals surface area contributed by atoms with Gasteiger partial charge in [-0.1, -0.05) is 0 Å². The number of fused-ring (bicyclic) bond motifs is 1. The van der Waals surface area contributed by atoms with E-state index in [-0.39, 0.29) is 12.5 Å². The van der Waals surface area contributed by atoms with E-state index >= 15 is 0 Å². The maximum absolute atomic E-state index is 11.7. The van der Waals surface area contributed by atoms with E-state index in [2.05, 4.69) is 10.3 Å². The molecule has 2 aromatic rings. The minimum atomic E-state index is -1.06. The maximum atomic E-state index is 11.7. The quantitative estimate of drug-likeness (QED) is 0.769. The summed E-state index contributed by atoms with van der Waals surface area (Å²) in [7, 11) is 0. The zero-order valence-electron chi connectivity index (χ0n) is 10.2. The molecule has 1 aromatic carbocycles. The van der Waals surface area contributed by atoms with Crippen LogP contribution < -0.4 is 5.32 Å². The summed E-state index contributed by atoms with van der Waals surface area (Å²) in [6, 6.07) is 5.27. The van der Waals surface area contributed by atoms with Crippen LogP contribution in [-0.2, 0) is 4.79 Å². The van der Waals surface area contributed by atoms with Gasteiger partial charge in [0.05, 0.1) is 0 Å². The van der Waals surface area contributed by atoms with Gasteiger partial charge in [0.1, 0.15) is 6.54 Å². The SMILES string of the molecule is Cc1[nH]c2ccc(C(=O)NCC(=O)O)cc2c1C. The maximum Gasteiger partial charge on any atom is 0.322 e. The molecule has 0 fully saturated rings. The summed E-state index contributed by atoms with van der Waals surface area (Å²) in [5.74, 6) is -1.43. The molecule has 0 radical (unpaired) electrons. The second-order valence-electron chi connectivity index (χ2n) is 4.21. The molecule has 5 heteroatoms. The Kier molecular flexibility index (Phi) is 3.06. The molecular weight excluding hydrogens is 232 g/mol. The number of hydrogen-bond donors (Lipinski definition) is 3. The Balaban J connectivity index is 2.32. The van der Waals surface area contributed by atoms with Crippen LogP contribution in [-0.4, -0.2) is 28.5 Å². The molecular formula is C13H14N2O3. The lowest BCUT2D eigenvalue weighted by molar-refractivity contribution is -0.135. The normalized spacial score (nSPS) is 10.6. The lowest BCUT2D eigenvalue weighted by Gasteiger charge is -2.02. The Labute approximate surface area is 104 Å². The van der Waals surface area contributed by atoms with Crippen molar-refractivity contribution < 1.29 is 14.7 Å². The molecule has 0 unspecified atom stereocenters. The standard InChI is InChI=1S/C13H14N2O3/c1-7-8(2)15-11-4-3-9(5-10(7)11)13(18)14-6-12(16)17/h3-5,15H,6H2,1-2H3,(H,14,18)(H,16,17). The van der Waals surface area contributed by atoms with Gasteiger partial charge in [-0.2, -0.15) is 0 Å². The van der Waals surface area contributed by atoms with Gasteiger partial charge in [-0.25, -0.2) is 0 Å². The van der Waals surface area contributed by atoms with E-state index in [1.807, 2.05) is 19.9 Å². The average Bonchev–Trinajstić information content (AvgIpc) is 2.62. The van der Waals surface area contributed by atoms with Crippen LogP contribution in [0.25, 0.3) is 10.9 Å². The summed E-state index contributed by atoms with van der Waals surface area (Å²) in [5, 5.41) is 11.8. The topological polar surface area (TPSA) is 82.2 Å². The first kappa shape index (κ1) is 12.2. The van der Waals surface area contributed by atoms with Crippen LogP contribution in [0.1, 0.15) is 21.6 Å². The van der Waals surface area contributed by atoms with Crippen molar-refractivity contribution in [3.8, 4) is 0 Å². The molecule has 1 amide bonds. The van der Waals surface area contributed by atoms with Crippen LogP contribution in [0.15, 0.2) is 18.2 Å². The van der Waals surface area contributed by atoms with E-state index in [0.29, 0.717) is 5.56 Å². The molecule has 0 bridgehead atoms. The monoisotopic (exact) mass is 246 g/mol. The molecule has 0 saturated heterocycles. The van der Waals surface area contributed by atoms with Crippen molar-refractivity contribution in [2.45, 2.75) is 13.8 Å². The smallest absolute Gasteiger partial charge is 0.322 e. The van der Waals surface area contributed by atoms with Gasteiger partial charge in [0.25, 0.3) is 5.91 Å². The number of carboxylic acids is 1. The number of aryl methyl sites for hydroxylation is 2. The molecule has 1 aromatic heterocycles. The highest BCUT2D eigenvalue weighted by atomic mass is 16.4. The number of H-pyrrole nitrogens is 1. The summed E-state index contributed by atoms with van der Waals surface area (Å²) in [6.07, 6.45) is 0. The molecule has 1 heterocycles. The molecule has 0 aliphatic heterocycles. The van der Waals surface area contributed by atoms with E-state index in [1.165, 1.54) is 0 Å². The van der Waals surface area contributed by atoms with E-state index in [9.17, 15) is 9.59 Å². The number of aromatic amines is 1. The van der Waals surface area contributed by atoms with Crippen LogP contribution in [0.4, 0.5) is 0 Å². The highest BCUT2D eigenvalue weighted by Crippen LogP contribution is 2.22. The number of aromatic nitrogens is 1. The molecule has 94 valence electrons. The third kappa shape index (κ3) is 2.20. The van der Waals surface area contributed by atoms with Gasteiger partial charge < -0.3 is 15.4 Å². The van der Waals surface area contributed by atoms with Crippen LogP contribution in [0.3, 0.4) is 0 Å². The Morgan fingerprint density at radius 1 is 1.33 bits per heavy atom. The number of carboxylic acid groups (broad SMARTS) is 1. The number of amides is 1. The molecule has 0 saturated carbocycles. The molecule has 0 spiro atoms. The van der Waals surface area contributed by atoms with Crippen molar-refractivity contribution in [1.29, 1.82) is 0 Å². The number of rotatable bonds is 3.